The standard InChI is InChI=1S/C11H18N2OS.ClH/c1-7(2)9-4-5-15-10(9)11(14)13-8(3)6-12;/h4-5,7-8H,6,12H2,1-3H3,(H,13,14);1H/t8-;/m0./s1. The van der Waals surface area contributed by atoms with E-state index < -0.39 is 0 Å². The summed E-state index contributed by atoms with van der Waals surface area (Å²) in [6.45, 7) is 6.55. The number of hydrogen-bond acceptors (Lipinski definition) is 3. The van der Waals surface area contributed by atoms with Crippen LogP contribution in [-0.2, 0) is 0 Å². The first-order valence-corrected chi connectivity index (χ1v) is 6.02. The van der Waals surface area contributed by atoms with Crippen molar-refractivity contribution in [1.82, 2.24) is 5.32 Å². The van der Waals surface area contributed by atoms with E-state index >= 15 is 0 Å². The van der Waals surface area contributed by atoms with Crippen LogP contribution in [0, 0.1) is 0 Å². The lowest BCUT2D eigenvalue weighted by molar-refractivity contribution is 0.0944. The van der Waals surface area contributed by atoms with Crippen LogP contribution in [0.2, 0.25) is 0 Å². The highest BCUT2D eigenvalue weighted by molar-refractivity contribution is 7.12. The number of nitrogens with one attached hydrogen (secondary N) is 1. The Balaban J connectivity index is 0.00000225. The second-order valence-corrected chi connectivity index (χ2v) is 4.89. The molecule has 1 rings (SSSR count). The fraction of sp³-hybridized carbons (Fsp3) is 0.545. The number of hydrogen-bond donors (Lipinski definition) is 2. The van der Waals surface area contributed by atoms with Crippen LogP contribution in [0.1, 0.15) is 41.9 Å². The highest BCUT2D eigenvalue weighted by Crippen LogP contribution is 2.24. The largest absolute Gasteiger partial charge is 0.348 e. The fourth-order valence-corrected chi connectivity index (χ4v) is 2.26. The quantitative estimate of drug-likeness (QED) is 0.875. The lowest BCUT2D eigenvalue weighted by Crippen LogP contribution is -2.37. The zero-order valence-corrected chi connectivity index (χ0v) is 11.5. The third kappa shape index (κ3) is 3.77. The molecule has 1 aromatic rings. The van der Waals surface area contributed by atoms with Gasteiger partial charge in [0.2, 0.25) is 0 Å². The van der Waals surface area contributed by atoms with Gasteiger partial charge in [-0.1, -0.05) is 13.8 Å². The molecule has 0 radical (unpaired) electrons. The van der Waals surface area contributed by atoms with Gasteiger partial charge in [-0.2, -0.15) is 0 Å². The number of halogens is 1. The summed E-state index contributed by atoms with van der Waals surface area (Å²) in [7, 11) is 0. The van der Waals surface area contributed by atoms with Gasteiger partial charge in [0.1, 0.15) is 0 Å². The Kier molecular flexibility index (Phi) is 6.64. The topological polar surface area (TPSA) is 55.1 Å². The van der Waals surface area contributed by atoms with Gasteiger partial charge in [0.05, 0.1) is 4.88 Å². The lowest BCUT2D eigenvalue weighted by Gasteiger charge is -2.12. The van der Waals surface area contributed by atoms with E-state index in [0.29, 0.717) is 12.5 Å². The highest BCUT2D eigenvalue weighted by Gasteiger charge is 2.16. The molecule has 3 nitrogen and oxygen atoms in total. The summed E-state index contributed by atoms with van der Waals surface area (Å²) in [5.74, 6) is 0.372. The number of nitrogens with two attached hydrogens (primary N) is 1. The molecule has 0 aliphatic heterocycles. The van der Waals surface area contributed by atoms with Crippen molar-refractivity contribution in [1.29, 1.82) is 0 Å². The molecule has 0 fully saturated rings. The van der Waals surface area contributed by atoms with Gasteiger partial charge in [-0.3, -0.25) is 4.79 Å². The number of rotatable bonds is 4. The molecular formula is C11H19ClN2OS. The zero-order valence-electron chi connectivity index (χ0n) is 9.82. The second-order valence-electron chi connectivity index (χ2n) is 3.97. The Morgan fingerprint density at radius 2 is 2.12 bits per heavy atom. The fourth-order valence-electron chi connectivity index (χ4n) is 1.31. The molecule has 3 N–H and O–H groups in total. The molecule has 0 aliphatic carbocycles. The van der Waals surface area contributed by atoms with E-state index in [1.54, 1.807) is 0 Å². The maximum absolute atomic E-state index is 11.8. The number of thiophene rings is 1. The minimum Gasteiger partial charge on any atom is -0.348 e. The van der Waals surface area contributed by atoms with Gasteiger partial charge in [-0.25, -0.2) is 0 Å². The molecule has 5 heteroatoms. The van der Waals surface area contributed by atoms with E-state index in [2.05, 4.69) is 19.2 Å². The first-order chi connectivity index (χ1) is 7.06. The molecule has 1 aromatic heterocycles. The maximum Gasteiger partial charge on any atom is 0.261 e. The highest BCUT2D eigenvalue weighted by atomic mass is 35.5. The van der Waals surface area contributed by atoms with Gasteiger partial charge in [-0.15, -0.1) is 23.7 Å². The van der Waals surface area contributed by atoms with Crippen LogP contribution in [0.15, 0.2) is 11.4 Å². The average Bonchev–Trinajstić information content (AvgIpc) is 2.65. The molecule has 0 spiro atoms. The Hall–Kier alpha value is -0.580. The average molecular weight is 263 g/mol. The van der Waals surface area contributed by atoms with Crippen molar-refractivity contribution in [3.8, 4) is 0 Å². The first kappa shape index (κ1) is 15.4. The summed E-state index contributed by atoms with van der Waals surface area (Å²) >= 11 is 1.49. The Bertz CT molecular complexity index is 338. The smallest absolute Gasteiger partial charge is 0.261 e. The van der Waals surface area contributed by atoms with Crippen LogP contribution < -0.4 is 11.1 Å². The predicted octanol–water partition coefficient (Wildman–Crippen LogP) is 2.37. The maximum atomic E-state index is 11.8. The molecule has 0 saturated heterocycles. The van der Waals surface area contributed by atoms with Crippen LogP contribution in [0.5, 0.6) is 0 Å². The minimum absolute atomic E-state index is 0. The van der Waals surface area contributed by atoms with Crippen LogP contribution in [-0.4, -0.2) is 18.5 Å². The molecule has 1 amide bonds. The number of carbonyl (C=O) groups is 1. The van der Waals surface area contributed by atoms with Gasteiger partial charge < -0.3 is 11.1 Å². The van der Waals surface area contributed by atoms with E-state index in [0.717, 1.165) is 10.4 Å². The molecule has 0 aliphatic rings. The molecule has 0 aromatic carbocycles. The normalized spacial score (nSPS) is 12.1. The van der Waals surface area contributed by atoms with Crippen molar-refractivity contribution in [3.05, 3.63) is 21.9 Å². The van der Waals surface area contributed by atoms with Crippen molar-refractivity contribution in [2.24, 2.45) is 5.73 Å². The summed E-state index contributed by atoms with van der Waals surface area (Å²) in [4.78, 5) is 12.7. The Morgan fingerprint density at radius 1 is 1.50 bits per heavy atom. The van der Waals surface area contributed by atoms with E-state index in [4.69, 9.17) is 5.73 Å². The van der Waals surface area contributed by atoms with Gasteiger partial charge in [0.25, 0.3) is 5.91 Å². The molecule has 16 heavy (non-hydrogen) atoms. The van der Waals surface area contributed by atoms with Crippen LogP contribution >= 0.6 is 23.7 Å². The van der Waals surface area contributed by atoms with E-state index in [9.17, 15) is 4.79 Å². The third-order valence-corrected chi connectivity index (χ3v) is 3.18. The second kappa shape index (κ2) is 6.89. The van der Waals surface area contributed by atoms with E-state index in [-0.39, 0.29) is 24.4 Å². The molecular weight excluding hydrogens is 244 g/mol. The molecule has 92 valence electrons. The van der Waals surface area contributed by atoms with Crippen LogP contribution in [0.3, 0.4) is 0 Å². The van der Waals surface area contributed by atoms with E-state index in [1.807, 2.05) is 18.4 Å². The van der Waals surface area contributed by atoms with Gasteiger partial charge in [-0.05, 0) is 29.9 Å². The van der Waals surface area contributed by atoms with Gasteiger partial charge in [0.15, 0.2) is 0 Å². The number of carbonyl (C=O) groups excluding carboxylic acids is 1. The van der Waals surface area contributed by atoms with Gasteiger partial charge in [0, 0.05) is 12.6 Å². The third-order valence-electron chi connectivity index (χ3n) is 2.25. The van der Waals surface area contributed by atoms with Crippen molar-refractivity contribution in [3.63, 3.8) is 0 Å². The first-order valence-electron chi connectivity index (χ1n) is 5.14. The summed E-state index contributed by atoms with van der Waals surface area (Å²) < 4.78 is 0. The van der Waals surface area contributed by atoms with Crippen LogP contribution in [0.25, 0.3) is 0 Å². The molecule has 1 atom stereocenters. The van der Waals surface area contributed by atoms with Crippen molar-refractivity contribution < 1.29 is 4.79 Å². The Labute approximate surface area is 107 Å². The molecule has 0 bridgehead atoms. The predicted molar refractivity (Wildman–Crippen MR) is 71.6 cm³/mol. The SMILES string of the molecule is CC(C)c1ccsc1C(=O)N[C@@H](C)CN.Cl. The van der Waals surface area contributed by atoms with Crippen molar-refractivity contribution >= 4 is 29.7 Å². The molecule has 0 unspecified atom stereocenters. The zero-order chi connectivity index (χ0) is 11.4. The van der Waals surface area contributed by atoms with Crippen LogP contribution in [0.4, 0.5) is 0 Å². The van der Waals surface area contributed by atoms with Crippen molar-refractivity contribution in [2.45, 2.75) is 32.7 Å². The number of amides is 1. The lowest BCUT2D eigenvalue weighted by atomic mass is 10.0. The van der Waals surface area contributed by atoms with Crippen molar-refractivity contribution in [2.75, 3.05) is 6.54 Å². The monoisotopic (exact) mass is 262 g/mol. The summed E-state index contributed by atoms with van der Waals surface area (Å²) in [6, 6.07) is 2.04. The summed E-state index contributed by atoms with van der Waals surface area (Å²) in [5, 5.41) is 4.83. The Morgan fingerprint density at radius 3 is 2.62 bits per heavy atom. The molecule has 1 heterocycles. The summed E-state index contributed by atoms with van der Waals surface area (Å²) in [5.41, 5.74) is 6.57. The summed E-state index contributed by atoms with van der Waals surface area (Å²) in [6.07, 6.45) is 0. The minimum atomic E-state index is -0.00773. The van der Waals surface area contributed by atoms with Gasteiger partial charge >= 0.3 is 0 Å². The molecule has 0 saturated carbocycles. The van der Waals surface area contributed by atoms with E-state index in [1.165, 1.54) is 11.3 Å².